The Morgan fingerprint density at radius 1 is 1.17 bits per heavy atom. The molecule has 1 aromatic carbocycles. The largest absolute Gasteiger partial charge is 0.494 e. The molecule has 122 valence electrons. The highest BCUT2D eigenvalue weighted by atomic mass is 16.5. The Bertz CT molecular complexity index is 799. The van der Waals surface area contributed by atoms with Crippen molar-refractivity contribution in [2.75, 3.05) is 6.61 Å². The number of hydrogen-bond donors (Lipinski definition) is 1. The van der Waals surface area contributed by atoms with Gasteiger partial charge in [0.05, 0.1) is 25.0 Å². The number of aromatic nitrogens is 4. The molecule has 0 aliphatic heterocycles. The second-order valence-corrected chi connectivity index (χ2v) is 5.00. The monoisotopic (exact) mass is 323 g/mol. The number of pyridine rings is 1. The molecule has 2 heterocycles. The molecular weight excluding hydrogens is 306 g/mol. The van der Waals surface area contributed by atoms with Gasteiger partial charge in [0.15, 0.2) is 0 Å². The molecule has 1 amide bonds. The summed E-state index contributed by atoms with van der Waals surface area (Å²) in [5, 5.41) is 10.9. The average Bonchev–Trinajstić information content (AvgIpc) is 3.10. The van der Waals surface area contributed by atoms with Gasteiger partial charge in [0.25, 0.3) is 5.91 Å². The third-order valence-corrected chi connectivity index (χ3v) is 3.33. The van der Waals surface area contributed by atoms with E-state index in [0.717, 1.165) is 11.4 Å². The highest BCUT2D eigenvalue weighted by molar-refractivity contribution is 5.94. The normalized spacial score (nSPS) is 10.4. The molecule has 0 bridgehead atoms. The Hall–Kier alpha value is -3.22. The van der Waals surface area contributed by atoms with Gasteiger partial charge in [-0.25, -0.2) is 4.68 Å². The van der Waals surface area contributed by atoms with Crippen LogP contribution in [-0.2, 0) is 6.54 Å². The van der Waals surface area contributed by atoms with Gasteiger partial charge in [-0.2, -0.15) is 0 Å². The fraction of sp³-hybridized carbons (Fsp3) is 0.176. The molecule has 0 atom stereocenters. The Morgan fingerprint density at radius 3 is 2.62 bits per heavy atom. The number of carbonyl (C=O) groups excluding carboxylic acids is 1. The minimum atomic E-state index is -0.170. The van der Waals surface area contributed by atoms with Gasteiger partial charge < -0.3 is 10.1 Å². The van der Waals surface area contributed by atoms with Gasteiger partial charge in [-0.15, -0.1) is 5.10 Å². The first-order valence-corrected chi connectivity index (χ1v) is 7.59. The Kier molecular flexibility index (Phi) is 4.81. The van der Waals surface area contributed by atoms with Crippen LogP contribution >= 0.6 is 0 Å². The number of hydrogen-bond acceptors (Lipinski definition) is 5. The van der Waals surface area contributed by atoms with Crippen LogP contribution in [0.15, 0.2) is 55.0 Å². The molecule has 3 rings (SSSR count). The van der Waals surface area contributed by atoms with Crippen LogP contribution in [0.5, 0.6) is 5.75 Å². The molecular formula is C17H17N5O2. The predicted octanol–water partition coefficient (Wildman–Crippen LogP) is 1.99. The molecule has 1 N–H and O–H groups in total. The van der Waals surface area contributed by atoms with Crippen molar-refractivity contribution in [1.29, 1.82) is 0 Å². The number of benzene rings is 1. The minimum absolute atomic E-state index is 0.170. The maximum absolute atomic E-state index is 12.1. The highest BCUT2D eigenvalue weighted by Crippen LogP contribution is 2.12. The number of amides is 1. The lowest BCUT2D eigenvalue weighted by Gasteiger charge is -2.05. The van der Waals surface area contributed by atoms with E-state index >= 15 is 0 Å². The molecule has 0 fully saturated rings. The Morgan fingerprint density at radius 2 is 1.92 bits per heavy atom. The molecule has 7 nitrogen and oxygen atoms in total. The zero-order valence-electron chi connectivity index (χ0n) is 13.2. The van der Waals surface area contributed by atoms with E-state index in [9.17, 15) is 4.79 Å². The second kappa shape index (κ2) is 7.36. The molecule has 0 spiro atoms. The molecule has 3 aromatic rings. The van der Waals surface area contributed by atoms with Gasteiger partial charge in [0.2, 0.25) is 0 Å². The molecule has 0 aliphatic rings. The van der Waals surface area contributed by atoms with Crippen molar-refractivity contribution in [3.8, 4) is 11.4 Å². The SMILES string of the molecule is CCOc1ccc(C(=O)NCc2cn(-c3ccncc3)nn2)cc1. The lowest BCUT2D eigenvalue weighted by molar-refractivity contribution is 0.0950. The molecule has 7 heteroatoms. The van der Waals surface area contributed by atoms with E-state index in [-0.39, 0.29) is 5.91 Å². The topological polar surface area (TPSA) is 81.9 Å². The van der Waals surface area contributed by atoms with Crippen molar-refractivity contribution in [1.82, 2.24) is 25.3 Å². The van der Waals surface area contributed by atoms with Crippen LogP contribution in [0.2, 0.25) is 0 Å². The number of rotatable bonds is 6. The average molecular weight is 323 g/mol. The highest BCUT2D eigenvalue weighted by Gasteiger charge is 2.08. The standard InChI is InChI=1S/C17H17N5O2/c1-2-24-16-5-3-13(4-6-16)17(23)19-11-14-12-22(21-20-14)15-7-9-18-10-8-15/h3-10,12H,2,11H2,1H3,(H,19,23). The van der Waals surface area contributed by atoms with E-state index in [1.165, 1.54) is 0 Å². The summed E-state index contributed by atoms with van der Waals surface area (Å²) in [6, 6.07) is 10.7. The third kappa shape index (κ3) is 3.75. The van der Waals surface area contributed by atoms with Crippen molar-refractivity contribution in [2.24, 2.45) is 0 Å². The third-order valence-electron chi connectivity index (χ3n) is 3.33. The smallest absolute Gasteiger partial charge is 0.251 e. The van der Waals surface area contributed by atoms with E-state index in [2.05, 4.69) is 20.6 Å². The fourth-order valence-electron chi connectivity index (χ4n) is 2.14. The van der Waals surface area contributed by atoms with Gasteiger partial charge in [-0.05, 0) is 43.3 Å². The van der Waals surface area contributed by atoms with Crippen LogP contribution in [0.3, 0.4) is 0 Å². The maximum atomic E-state index is 12.1. The van der Waals surface area contributed by atoms with Gasteiger partial charge in [-0.3, -0.25) is 9.78 Å². The van der Waals surface area contributed by atoms with Crippen molar-refractivity contribution in [2.45, 2.75) is 13.5 Å². The van der Waals surface area contributed by atoms with Crippen LogP contribution < -0.4 is 10.1 Å². The maximum Gasteiger partial charge on any atom is 0.251 e. The second-order valence-electron chi connectivity index (χ2n) is 5.00. The number of nitrogens with one attached hydrogen (secondary N) is 1. The molecule has 0 saturated carbocycles. The van der Waals surface area contributed by atoms with E-state index in [1.54, 1.807) is 47.5 Å². The molecule has 2 aromatic heterocycles. The van der Waals surface area contributed by atoms with Gasteiger partial charge in [0.1, 0.15) is 11.4 Å². The van der Waals surface area contributed by atoms with Crippen LogP contribution in [0, 0.1) is 0 Å². The lowest BCUT2D eigenvalue weighted by atomic mass is 10.2. The van der Waals surface area contributed by atoms with Crippen molar-refractivity contribution in [3.05, 3.63) is 66.2 Å². The summed E-state index contributed by atoms with van der Waals surface area (Å²) in [6.07, 6.45) is 5.14. The van der Waals surface area contributed by atoms with E-state index in [0.29, 0.717) is 24.4 Å². The zero-order valence-corrected chi connectivity index (χ0v) is 13.2. The molecule has 0 saturated heterocycles. The predicted molar refractivity (Wildman–Crippen MR) is 87.9 cm³/mol. The van der Waals surface area contributed by atoms with Crippen LogP contribution in [-0.4, -0.2) is 32.5 Å². The van der Waals surface area contributed by atoms with Crippen molar-refractivity contribution in [3.63, 3.8) is 0 Å². The number of carbonyl (C=O) groups is 1. The summed E-state index contributed by atoms with van der Waals surface area (Å²) in [6.45, 7) is 2.82. The summed E-state index contributed by atoms with van der Waals surface area (Å²) in [5.41, 5.74) is 2.10. The van der Waals surface area contributed by atoms with Gasteiger partial charge >= 0.3 is 0 Å². The van der Waals surface area contributed by atoms with Crippen LogP contribution in [0.4, 0.5) is 0 Å². The van der Waals surface area contributed by atoms with Crippen LogP contribution in [0.25, 0.3) is 5.69 Å². The van der Waals surface area contributed by atoms with E-state index in [4.69, 9.17) is 4.74 Å². The molecule has 0 unspecified atom stereocenters. The first-order valence-electron chi connectivity index (χ1n) is 7.59. The zero-order chi connectivity index (χ0) is 16.8. The van der Waals surface area contributed by atoms with E-state index in [1.807, 2.05) is 19.1 Å². The van der Waals surface area contributed by atoms with Crippen molar-refractivity contribution < 1.29 is 9.53 Å². The Labute approximate surface area is 139 Å². The lowest BCUT2D eigenvalue weighted by Crippen LogP contribution is -2.22. The quantitative estimate of drug-likeness (QED) is 0.750. The summed E-state index contributed by atoms with van der Waals surface area (Å²) < 4.78 is 7.00. The molecule has 0 aliphatic carbocycles. The van der Waals surface area contributed by atoms with E-state index < -0.39 is 0 Å². The Balaban J connectivity index is 1.59. The minimum Gasteiger partial charge on any atom is -0.494 e. The number of ether oxygens (including phenoxy) is 1. The molecule has 0 radical (unpaired) electrons. The van der Waals surface area contributed by atoms with Gasteiger partial charge in [0, 0.05) is 18.0 Å². The molecule has 24 heavy (non-hydrogen) atoms. The summed E-state index contributed by atoms with van der Waals surface area (Å²) in [4.78, 5) is 16.1. The summed E-state index contributed by atoms with van der Waals surface area (Å²) in [7, 11) is 0. The summed E-state index contributed by atoms with van der Waals surface area (Å²) >= 11 is 0. The van der Waals surface area contributed by atoms with Crippen LogP contribution in [0.1, 0.15) is 23.0 Å². The van der Waals surface area contributed by atoms with Gasteiger partial charge in [-0.1, -0.05) is 5.21 Å². The first kappa shape index (κ1) is 15.7. The first-order chi connectivity index (χ1) is 11.8. The van der Waals surface area contributed by atoms with Crippen molar-refractivity contribution >= 4 is 5.91 Å². The fourth-order valence-corrected chi connectivity index (χ4v) is 2.14. The number of nitrogens with zero attached hydrogens (tertiary/aromatic N) is 4. The summed E-state index contributed by atoms with van der Waals surface area (Å²) in [5.74, 6) is 0.575.